The van der Waals surface area contributed by atoms with Gasteiger partial charge in [-0.15, -0.1) is 0 Å². The van der Waals surface area contributed by atoms with Crippen LogP contribution in [0.2, 0.25) is 0 Å². The van der Waals surface area contributed by atoms with Gasteiger partial charge in [0.2, 0.25) is 0 Å². The van der Waals surface area contributed by atoms with Crippen molar-refractivity contribution >= 4 is 9.84 Å². The summed E-state index contributed by atoms with van der Waals surface area (Å²) in [6.45, 7) is 7.00. The lowest BCUT2D eigenvalue weighted by Gasteiger charge is -2.33. The average molecular weight is 490 g/mol. The van der Waals surface area contributed by atoms with Gasteiger partial charge in [0.05, 0.1) is 45.3 Å². The van der Waals surface area contributed by atoms with Gasteiger partial charge in [-0.2, -0.15) is 0 Å². The normalized spacial score (nSPS) is 14.5. The first-order chi connectivity index (χ1) is 15.6. The van der Waals surface area contributed by atoms with E-state index in [9.17, 15) is 8.42 Å². The number of unbranched alkanes of at least 4 members (excludes halogenated alkanes) is 15. The van der Waals surface area contributed by atoms with E-state index in [0.717, 1.165) is 30.2 Å². The Balaban J connectivity index is 3.74. The Hall–Kier alpha value is -0.130. The van der Waals surface area contributed by atoms with Crippen LogP contribution in [0.1, 0.15) is 116 Å². The second kappa shape index (κ2) is 20.1. The van der Waals surface area contributed by atoms with Crippen molar-refractivity contribution in [2.75, 3.05) is 46.4 Å². The van der Waals surface area contributed by atoms with Gasteiger partial charge in [-0.3, -0.25) is 0 Å². The van der Waals surface area contributed by atoms with Gasteiger partial charge in [0.25, 0.3) is 0 Å². The maximum absolute atomic E-state index is 12.6. The molecule has 0 heterocycles. The molecule has 0 spiro atoms. The van der Waals surface area contributed by atoms with Gasteiger partial charge in [0.15, 0.2) is 9.84 Å². The smallest absolute Gasteiger partial charge is 0.150 e. The van der Waals surface area contributed by atoms with Gasteiger partial charge >= 0.3 is 0 Å². The fourth-order valence-electron chi connectivity index (χ4n) is 4.43. The molecular weight excluding hydrogens is 430 g/mol. The van der Waals surface area contributed by atoms with E-state index in [1.165, 1.54) is 83.5 Å². The average Bonchev–Trinajstić information content (AvgIpc) is 2.72. The molecule has 4 nitrogen and oxygen atoms in total. The van der Waals surface area contributed by atoms with E-state index < -0.39 is 9.84 Å². The molecule has 0 aliphatic heterocycles. The summed E-state index contributed by atoms with van der Waals surface area (Å²) in [6, 6.07) is 0.163. The quantitative estimate of drug-likeness (QED) is 0.106. The van der Waals surface area contributed by atoms with Crippen LogP contribution in [0.4, 0.5) is 0 Å². The van der Waals surface area contributed by atoms with Crippen molar-refractivity contribution in [2.45, 2.75) is 122 Å². The number of ether oxygens (including phenoxy) is 1. The van der Waals surface area contributed by atoms with E-state index in [2.05, 4.69) is 35.0 Å². The van der Waals surface area contributed by atoms with Crippen molar-refractivity contribution in [2.24, 2.45) is 5.92 Å². The highest BCUT2D eigenvalue weighted by atomic mass is 32.2. The van der Waals surface area contributed by atoms with Crippen molar-refractivity contribution in [3.05, 3.63) is 6.92 Å². The zero-order valence-corrected chi connectivity index (χ0v) is 23.9. The lowest BCUT2D eigenvalue weighted by molar-refractivity contribution is -0.890. The Morgan fingerprint density at radius 1 is 0.727 bits per heavy atom. The zero-order valence-electron chi connectivity index (χ0n) is 23.1. The predicted molar refractivity (Wildman–Crippen MR) is 145 cm³/mol. The minimum absolute atomic E-state index is 0.0286. The van der Waals surface area contributed by atoms with Gasteiger partial charge < -0.3 is 9.22 Å². The molecule has 0 rings (SSSR count). The molecule has 0 amide bonds. The number of quaternary nitrogens is 1. The molecule has 0 saturated heterocycles. The Kier molecular flexibility index (Phi) is 20.0. The highest BCUT2D eigenvalue weighted by Crippen LogP contribution is 2.18. The molecule has 2 atom stereocenters. The maximum Gasteiger partial charge on any atom is 0.150 e. The molecule has 0 fully saturated rings. The molecule has 0 aromatic heterocycles. The predicted octanol–water partition coefficient (Wildman–Crippen LogP) is 7.22. The monoisotopic (exact) mass is 489 g/mol. The van der Waals surface area contributed by atoms with Gasteiger partial charge in [-0.05, 0) is 6.42 Å². The van der Waals surface area contributed by atoms with E-state index in [1.54, 1.807) is 7.11 Å². The molecule has 0 aliphatic rings. The largest absolute Gasteiger partial charge is 0.384 e. The lowest BCUT2D eigenvalue weighted by atomic mass is 10.0. The molecule has 0 saturated carbocycles. The Morgan fingerprint density at radius 2 is 1.12 bits per heavy atom. The van der Waals surface area contributed by atoms with Crippen LogP contribution in [0.5, 0.6) is 0 Å². The minimum atomic E-state index is -3.03. The molecule has 5 heteroatoms. The van der Waals surface area contributed by atoms with E-state index >= 15 is 0 Å². The molecular formula is C28H59NO3S+. The second-order valence-electron chi connectivity index (χ2n) is 11.2. The van der Waals surface area contributed by atoms with Crippen molar-refractivity contribution in [1.29, 1.82) is 0 Å². The summed E-state index contributed by atoms with van der Waals surface area (Å²) in [5.41, 5.74) is 0. The third-order valence-electron chi connectivity index (χ3n) is 6.90. The first-order valence-corrected chi connectivity index (χ1v) is 15.8. The van der Waals surface area contributed by atoms with Crippen LogP contribution < -0.4 is 0 Å². The van der Waals surface area contributed by atoms with Gasteiger partial charge in [-0.1, -0.05) is 103 Å². The van der Waals surface area contributed by atoms with E-state index in [0.29, 0.717) is 12.4 Å². The van der Waals surface area contributed by atoms with Crippen LogP contribution in [0.3, 0.4) is 0 Å². The Morgan fingerprint density at radius 3 is 1.48 bits per heavy atom. The molecule has 0 aromatic rings. The molecule has 0 aliphatic carbocycles. The molecule has 2 unspecified atom stereocenters. The molecule has 199 valence electrons. The fourth-order valence-corrected chi connectivity index (χ4v) is 6.19. The number of sulfone groups is 1. The fraction of sp³-hybridized carbons (Fsp3) is 0.964. The summed E-state index contributed by atoms with van der Waals surface area (Å²) in [7, 11) is 4.93. The van der Waals surface area contributed by atoms with Crippen LogP contribution in [0, 0.1) is 12.8 Å². The van der Waals surface area contributed by atoms with Gasteiger partial charge in [0, 0.05) is 26.4 Å². The summed E-state index contributed by atoms with van der Waals surface area (Å²) in [6.07, 6.45) is 21.7. The minimum Gasteiger partial charge on any atom is -0.384 e. The van der Waals surface area contributed by atoms with Crippen molar-refractivity contribution in [1.82, 2.24) is 0 Å². The molecule has 0 bridgehead atoms. The molecule has 0 aromatic carbocycles. The summed E-state index contributed by atoms with van der Waals surface area (Å²) in [4.78, 5) is 0. The lowest BCUT2D eigenvalue weighted by Crippen LogP contribution is -2.45. The first kappa shape index (κ1) is 32.9. The standard InChI is InChI=1S/C28H59NO3S/c1-7-8-9-10-11-12-13-14-15-16-17-18-19-20-21-22-23-33(30,31)26-28(25-32-6)24-27(2)29(3,4)5/h27-28H,2,7-26H2,1,3-6H3/q+1. The SMILES string of the molecule is [CH2]C(CC(COC)CS(=O)(=O)CCCCCCCCCCCCCCCCCC)[N+](C)(C)C. The van der Waals surface area contributed by atoms with Crippen molar-refractivity contribution in [3.63, 3.8) is 0 Å². The Labute approximate surface area is 208 Å². The van der Waals surface area contributed by atoms with Crippen LogP contribution in [-0.2, 0) is 14.6 Å². The number of methoxy groups -OCH3 is 1. The number of nitrogens with zero attached hydrogens (tertiary/aromatic N) is 1. The van der Waals surface area contributed by atoms with Gasteiger partial charge in [-0.25, -0.2) is 8.42 Å². The van der Waals surface area contributed by atoms with E-state index in [-0.39, 0.29) is 17.7 Å². The summed E-state index contributed by atoms with van der Waals surface area (Å²) in [5, 5.41) is 0. The highest BCUT2D eigenvalue weighted by molar-refractivity contribution is 7.91. The number of hydrogen-bond acceptors (Lipinski definition) is 3. The van der Waals surface area contributed by atoms with Gasteiger partial charge in [0.1, 0.15) is 0 Å². The summed E-state index contributed by atoms with van der Waals surface area (Å²) >= 11 is 0. The topological polar surface area (TPSA) is 43.4 Å². The van der Waals surface area contributed by atoms with Crippen molar-refractivity contribution in [3.8, 4) is 0 Å². The maximum atomic E-state index is 12.6. The summed E-state index contributed by atoms with van der Waals surface area (Å²) in [5.74, 6) is 0.574. The van der Waals surface area contributed by atoms with Crippen LogP contribution in [-0.4, -0.2) is 65.3 Å². The molecule has 0 N–H and O–H groups in total. The van der Waals surface area contributed by atoms with E-state index in [4.69, 9.17) is 4.74 Å². The second-order valence-corrected chi connectivity index (χ2v) is 13.5. The molecule has 33 heavy (non-hydrogen) atoms. The Bertz CT molecular complexity index is 528. The third-order valence-corrected chi connectivity index (χ3v) is 8.79. The number of hydrogen-bond donors (Lipinski definition) is 0. The third kappa shape index (κ3) is 20.9. The van der Waals surface area contributed by atoms with Crippen LogP contribution in [0.25, 0.3) is 0 Å². The van der Waals surface area contributed by atoms with Crippen LogP contribution in [0.15, 0.2) is 0 Å². The van der Waals surface area contributed by atoms with E-state index in [1.807, 2.05) is 0 Å². The first-order valence-electron chi connectivity index (χ1n) is 14.0. The molecule has 1 radical (unpaired) electrons. The van der Waals surface area contributed by atoms with Crippen LogP contribution >= 0.6 is 0 Å². The highest BCUT2D eigenvalue weighted by Gasteiger charge is 2.26. The zero-order chi connectivity index (χ0) is 25.0. The summed E-state index contributed by atoms with van der Waals surface area (Å²) < 4.78 is 31.3. The number of rotatable bonds is 24. The van der Waals surface area contributed by atoms with Crippen molar-refractivity contribution < 1.29 is 17.6 Å².